The number of anilines is 2. The number of nitrogens with zero attached hydrogens (tertiary/aromatic N) is 2. The maximum absolute atomic E-state index is 6.21. The van der Waals surface area contributed by atoms with E-state index < -0.39 is 0 Å². The molecule has 0 aliphatic heterocycles. The second kappa shape index (κ2) is 6.05. The summed E-state index contributed by atoms with van der Waals surface area (Å²) in [7, 11) is 3.49. The van der Waals surface area contributed by atoms with Crippen LogP contribution in [0.15, 0.2) is 18.2 Å². The van der Waals surface area contributed by atoms with Gasteiger partial charge in [0, 0.05) is 24.2 Å². The van der Waals surface area contributed by atoms with Crippen molar-refractivity contribution >= 4 is 23.1 Å². The molecule has 0 amide bonds. The van der Waals surface area contributed by atoms with E-state index in [1.807, 2.05) is 32.2 Å². The van der Waals surface area contributed by atoms with Gasteiger partial charge < -0.3 is 15.8 Å². The van der Waals surface area contributed by atoms with E-state index in [0.717, 1.165) is 29.2 Å². The van der Waals surface area contributed by atoms with Crippen LogP contribution in [-0.2, 0) is 20.0 Å². The second-order valence-electron chi connectivity index (χ2n) is 4.46. The highest BCUT2D eigenvalue weighted by atomic mass is 35.5. The molecule has 20 heavy (non-hydrogen) atoms. The molecule has 0 aliphatic rings. The van der Waals surface area contributed by atoms with Gasteiger partial charge in [0.15, 0.2) is 0 Å². The molecule has 0 spiro atoms. The Morgan fingerprint density at radius 3 is 2.80 bits per heavy atom. The van der Waals surface area contributed by atoms with Crippen LogP contribution in [0.1, 0.15) is 18.2 Å². The van der Waals surface area contributed by atoms with Crippen LogP contribution in [0.25, 0.3) is 0 Å². The lowest BCUT2D eigenvalue weighted by atomic mass is 10.2. The first kappa shape index (κ1) is 14.5. The Morgan fingerprint density at radius 1 is 1.45 bits per heavy atom. The molecule has 1 aromatic heterocycles. The Balaban J connectivity index is 2.23. The number of halogens is 1. The summed E-state index contributed by atoms with van der Waals surface area (Å²) < 4.78 is 7.07. The lowest BCUT2D eigenvalue weighted by Gasteiger charge is -2.12. The molecule has 0 aliphatic carbocycles. The summed E-state index contributed by atoms with van der Waals surface area (Å²) in [4.78, 5) is 0. The van der Waals surface area contributed by atoms with E-state index >= 15 is 0 Å². The van der Waals surface area contributed by atoms with Gasteiger partial charge >= 0.3 is 0 Å². The summed E-state index contributed by atoms with van der Waals surface area (Å²) >= 11 is 6.21. The molecule has 0 radical (unpaired) electrons. The number of aromatic nitrogens is 2. The van der Waals surface area contributed by atoms with Crippen LogP contribution in [0.3, 0.4) is 0 Å². The maximum Gasteiger partial charge on any atom is 0.148 e. The zero-order chi connectivity index (χ0) is 14.7. The molecule has 0 saturated heterocycles. The molecule has 1 heterocycles. The number of rotatable bonds is 5. The summed E-state index contributed by atoms with van der Waals surface area (Å²) in [6, 6.07) is 5.58. The van der Waals surface area contributed by atoms with Gasteiger partial charge in [0.25, 0.3) is 0 Å². The second-order valence-corrected chi connectivity index (χ2v) is 4.87. The Bertz CT molecular complexity index is 609. The number of hydrogen-bond donors (Lipinski definition) is 2. The van der Waals surface area contributed by atoms with Crippen molar-refractivity contribution in [3.05, 3.63) is 34.5 Å². The van der Waals surface area contributed by atoms with Gasteiger partial charge in [-0.3, -0.25) is 4.68 Å². The van der Waals surface area contributed by atoms with E-state index in [0.29, 0.717) is 17.3 Å². The largest absolute Gasteiger partial charge is 0.496 e. The first-order valence-corrected chi connectivity index (χ1v) is 6.82. The summed E-state index contributed by atoms with van der Waals surface area (Å²) in [5, 5.41) is 8.31. The summed E-state index contributed by atoms with van der Waals surface area (Å²) in [6.07, 6.45) is 0.802. The standard InChI is InChI=1S/C14H19ClN4O/c1-4-11-13(16)14(19(2)18-11)17-8-9-10(15)6-5-7-12(9)20-3/h5-7,17H,4,8,16H2,1-3H3. The van der Waals surface area contributed by atoms with Crippen LogP contribution in [0.2, 0.25) is 5.02 Å². The van der Waals surface area contributed by atoms with Crippen LogP contribution < -0.4 is 15.8 Å². The van der Waals surface area contributed by atoms with Gasteiger partial charge in [0.2, 0.25) is 0 Å². The van der Waals surface area contributed by atoms with Gasteiger partial charge in [-0.25, -0.2) is 0 Å². The predicted molar refractivity (Wildman–Crippen MR) is 82.3 cm³/mol. The lowest BCUT2D eigenvalue weighted by molar-refractivity contribution is 0.410. The molecule has 2 rings (SSSR count). The van der Waals surface area contributed by atoms with E-state index in [2.05, 4.69) is 10.4 Å². The van der Waals surface area contributed by atoms with Crippen LogP contribution in [0.5, 0.6) is 5.75 Å². The fraction of sp³-hybridized carbons (Fsp3) is 0.357. The van der Waals surface area contributed by atoms with Crippen LogP contribution >= 0.6 is 11.6 Å². The molecular formula is C14H19ClN4O. The average molecular weight is 295 g/mol. The molecule has 2 aromatic rings. The molecule has 5 nitrogen and oxygen atoms in total. The van der Waals surface area contributed by atoms with E-state index in [-0.39, 0.29) is 0 Å². The van der Waals surface area contributed by atoms with Gasteiger partial charge in [0.05, 0.1) is 18.5 Å². The molecule has 3 N–H and O–H groups in total. The minimum absolute atomic E-state index is 0.524. The van der Waals surface area contributed by atoms with E-state index in [9.17, 15) is 0 Å². The Labute approximate surface area is 123 Å². The SMILES string of the molecule is CCc1nn(C)c(NCc2c(Cl)cccc2OC)c1N. The maximum atomic E-state index is 6.21. The zero-order valence-electron chi connectivity index (χ0n) is 11.9. The molecule has 0 saturated carbocycles. The molecular weight excluding hydrogens is 276 g/mol. The normalized spacial score (nSPS) is 10.6. The summed E-state index contributed by atoms with van der Waals surface area (Å²) in [6.45, 7) is 2.55. The van der Waals surface area contributed by atoms with Crippen molar-refractivity contribution in [3.63, 3.8) is 0 Å². The highest BCUT2D eigenvalue weighted by molar-refractivity contribution is 6.31. The fourth-order valence-electron chi connectivity index (χ4n) is 2.14. The van der Waals surface area contributed by atoms with Gasteiger partial charge in [0.1, 0.15) is 11.6 Å². The molecule has 108 valence electrons. The quantitative estimate of drug-likeness (QED) is 0.890. The minimum atomic E-state index is 0.524. The third kappa shape index (κ3) is 2.67. The van der Waals surface area contributed by atoms with E-state index in [4.69, 9.17) is 22.1 Å². The van der Waals surface area contributed by atoms with Crippen molar-refractivity contribution in [1.82, 2.24) is 9.78 Å². The predicted octanol–water partition coefficient (Wildman–Crippen LogP) is 2.84. The topological polar surface area (TPSA) is 65.1 Å². The van der Waals surface area contributed by atoms with Crippen LogP contribution in [-0.4, -0.2) is 16.9 Å². The third-order valence-corrected chi connectivity index (χ3v) is 3.58. The number of benzene rings is 1. The fourth-order valence-corrected chi connectivity index (χ4v) is 2.37. The van der Waals surface area contributed by atoms with Crippen molar-refractivity contribution in [1.29, 1.82) is 0 Å². The highest BCUT2D eigenvalue weighted by Crippen LogP contribution is 2.29. The van der Waals surface area contributed by atoms with Crippen molar-refractivity contribution in [2.24, 2.45) is 7.05 Å². The Kier molecular flexibility index (Phi) is 4.39. The van der Waals surface area contributed by atoms with Gasteiger partial charge in [-0.1, -0.05) is 24.6 Å². The van der Waals surface area contributed by atoms with Crippen LogP contribution in [0, 0.1) is 0 Å². The number of nitrogens with two attached hydrogens (primary N) is 1. The molecule has 0 bridgehead atoms. The highest BCUT2D eigenvalue weighted by Gasteiger charge is 2.13. The first-order chi connectivity index (χ1) is 9.58. The molecule has 0 fully saturated rings. The lowest BCUT2D eigenvalue weighted by Crippen LogP contribution is -2.07. The van der Waals surface area contributed by atoms with Crippen molar-refractivity contribution in [2.75, 3.05) is 18.2 Å². The number of nitrogen functional groups attached to an aromatic ring is 1. The molecule has 0 unspecified atom stereocenters. The summed E-state index contributed by atoms with van der Waals surface area (Å²) in [5.74, 6) is 1.55. The van der Waals surface area contributed by atoms with E-state index in [1.54, 1.807) is 11.8 Å². The van der Waals surface area contributed by atoms with E-state index in [1.165, 1.54) is 0 Å². The van der Waals surface area contributed by atoms with Gasteiger partial charge in [-0.15, -0.1) is 0 Å². The Hall–Kier alpha value is -1.88. The van der Waals surface area contributed by atoms with Gasteiger partial charge in [-0.2, -0.15) is 5.10 Å². The summed E-state index contributed by atoms with van der Waals surface area (Å²) in [5.41, 5.74) is 8.55. The average Bonchev–Trinajstić information content (AvgIpc) is 2.72. The van der Waals surface area contributed by atoms with Crippen molar-refractivity contribution < 1.29 is 4.74 Å². The number of hydrogen-bond acceptors (Lipinski definition) is 4. The Morgan fingerprint density at radius 2 is 2.20 bits per heavy atom. The first-order valence-electron chi connectivity index (χ1n) is 6.45. The van der Waals surface area contributed by atoms with Crippen LogP contribution in [0.4, 0.5) is 11.5 Å². The van der Waals surface area contributed by atoms with Crippen molar-refractivity contribution in [2.45, 2.75) is 19.9 Å². The smallest absolute Gasteiger partial charge is 0.148 e. The monoisotopic (exact) mass is 294 g/mol. The number of nitrogens with one attached hydrogen (secondary N) is 1. The zero-order valence-corrected chi connectivity index (χ0v) is 12.7. The number of aryl methyl sites for hydroxylation is 2. The van der Waals surface area contributed by atoms with Crippen molar-refractivity contribution in [3.8, 4) is 5.75 Å². The molecule has 1 aromatic carbocycles. The molecule has 0 atom stereocenters. The molecule has 6 heteroatoms. The third-order valence-electron chi connectivity index (χ3n) is 3.22. The van der Waals surface area contributed by atoms with Gasteiger partial charge in [-0.05, 0) is 18.6 Å². The minimum Gasteiger partial charge on any atom is -0.496 e. The number of ether oxygens (including phenoxy) is 1. The number of methoxy groups -OCH3 is 1.